The molecule has 1 aromatic heterocycles. The van der Waals surface area contributed by atoms with Crippen LogP contribution >= 0.6 is 22.6 Å². The van der Waals surface area contributed by atoms with Crippen molar-refractivity contribution in [3.8, 4) is 0 Å². The molecule has 0 spiro atoms. The molecule has 0 saturated carbocycles. The van der Waals surface area contributed by atoms with Gasteiger partial charge in [-0.3, -0.25) is 9.48 Å². The summed E-state index contributed by atoms with van der Waals surface area (Å²) in [6.45, 7) is 0.234. The summed E-state index contributed by atoms with van der Waals surface area (Å²) in [7, 11) is 0. The molecule has 0 aliphatic carbocycles. The van der Waals surface area contributed by atoms with Crippen molar-refractivity contribution in [1.82, 2.24) is 9.78 Å². The van der Waals surface area contributed by atoms with E-state index in [-0.39, 0.29) is 12.5 Å². The van der Waals surface area contributed by atoms with Gasteiger partial charge in [0.25, 0.3) is 0 Å². The molecule has 1 N–H and O–H groups in total. The van der Waals surface area contributed by atoms with Gasteiger partial charge < -0.3 is 5.32 Å². The third-order valence-electron chi connectivity index (χ3n) is 2.01. The van der Waals surface area contributed by atoms with Crippen molar-refractivity contribution in [2.45, 2.75) is 6.54 Å². The fraction of sp³-hybridized carbons (Fsp3) is 0.0909. The Morgan fingerprint density at radius 1 is 1.38 bits per heavy atom. The van der Waals surface area contributed by atoms with Crippen molar-refractivity contribution < 1.29 is 4.79 Å². The van der Waals surface area contributed by atoms with Gasteiger partial charge in [-0.1, -0.05) is 12.1 Å². The highest BCUT2D eigenvalue weighted by molar-refractivity contribution is 14.1. The molecule has 2 aromatic rings. The van der Waals surface area contributed by atoms with Gasteiger partial charge in [-0.05, 0) is 40.8 Å². The van der Waals surface area contributed by atoms with Crippen LogP contribution in [0.3, 0.4) is 0 Å². The van der Waals surface area contributed by atoms with Crippen molar-refractivity contribution in [3.63, 3.8) is 0 Å². The van der Waals surface area contributed by atoms with Gasteiger partial charge in [0, 0.05) is 16.0 Å². The van der Waals surface area contributed by atoms with Crippen LogP contribution in [0.15, 0.2) is 42.7 Å². The van der Waals surface area contributed by atoms with Crippen molar-refractivity contribution >= 4 is 34.2 Å². The number of para-hydroxylation sites is 1. The van der Waals surface area contributed by atoms with E-state index in [1.54, 1.807) is 23.1 Å². The second kappa shape index (κ2) is 5.11. The molecule has 0 saturated heterocycles. The number of halogens is 1. The van der Waals surface area contributed by atoms with E-state index in [2.05, 4.69) is 33.0 Å². The summed E-state index contributed by atoms with van der Waals surface area (Å²) in [6, 6.07) is 9.45. The highest BCUT2D eigenvalue weighted by Gasteiger charge is 2.05. The average Bonchev–Trinajstić information content (AvgIpc) is 2.74. The zero-order valence-corrected chi connectivity index (χ0v) is 10.6. The third kappa shape index (κ3) is 2.82. The summed E-state index contributed by atoms with van der Waals surface area (Å²) in [5.74, 6) is -0.0761. The monoisotopic (exact) mass is 327 g/mol. The predicted octanol–water partition coefficient (Wildman–Crippen LogP) is 2.13. The first-order valence-electron chi connectivity index (χ1n) is 4.77. The first-order valence-corrected chi connectivity index (χ1v) is 5.85. The molecular formula is C11H10IN3O. The molecule has 2 rings (SSSR count). The van der Waals surface area contributed by atoms with Crippen LogP contribution in [0.2, 0.25) is 0 Å². The number of hydrogen-bond donors (Lipinski definition) is 1. The van der Waals surface area contributed by atoms with Gasteiger partial charge in [-0.2, -0.15) is 5.10 Å². The number of anilines is 1. The second-order valence-corrected chi connectivity index (χ2v) is 4.39. The standard InChI is InChI=1S/C11H10IN3O/c12-9-4-1-2-5-10(9)14-11(16)8-15-7-3-6-13-15/h1-7H,8H2,(H,14,16). The summed E-state index contributed by atoms with van der Waals surface area (Å²) >= 11 is 2.19. The summed E-state index contributed by atoms with van der Waals surface area (Å²) in [5, 5.41) is 6.82. The molecule has 5 heteroatoms. The van der Waals surface area contributed by atoms with Crippen molar-refractivity contribution in [3.05, 3.63) is 46.3 Å². The van der Waals surface area contributed by atoms with Gasteiger partial charge >= 0.3 is 0 Å². The second-order valence-electron chi connectivity index (χ2n) is 3.23. The van der Waals surface area contributed by atoms with E-state index in [4.69, 9.17) is 0 Å². The van der Waals surface area contributed by atoms with Crippen molar-refractivity contribution in [2.75, 3.05) is 5.32 Å². The number of nitrogens with one attached hydrogen (secondary N) is 1. The minimum atomic E-state index is -0.0761. The summed E-state index contributed by atoms with van der Waals surface area (Å²) in [6.07, 6.45) is 3.41. The minimum absolute atomic E-state index is 0.0761. The number of rotatable bonds is 3. The lowest BCUT2D eigenvalue weighted by Gasteiger charge is -2.06. The zero-order chi connectivity index (χ0) is 11.4. The molecule has 0 aliphatic rings. The number of carbonyl (C=O) groups is 1. The SMILES string of the molecule is O=C(Cn1cccn1)Nc1ccccc1I. The first kappa shape index (κ1) is 11.1. The molecule has 0 radical (unpaired) electrons. The lowest BCUT2D eigenvalue weighted by molar-refractivity contribution is -0.116. The molecule has 4 nitrogen and oxygen atoms in total. The smallest absolute Gasteiger partial charge is 0.246 e. The fourth-order valence-electron chi connectivity index (χ4n) is 1.29. The highest BCUT2D eigenvalue weighted by Crippen LogP contribution is 2.16. The molecule has 1 aromatic carbocycles. The van der Waals surface area contributed by atoms with Crippen LogP contribution in [-0.4, -0.2) is 15.7 Å². The quantitative estimate of drug-likeness (QED) is 0.878. The lowest BCUT2D eigenvalue weighted by Crippen LogP contribution is -2.19. The third-order valence-corrected chi connectivity index (χ3v) is 2.95. The van der Waals surface area contributed by atoms with E-state index < -0.39 is 0 Å². The molecule has 1 heterocycles. The Labute approximate surface area is 107 Å². The Hall–Kier alpha value is -1.37. The van der Waals surface area contributed by atoms with Gasteiger partial charge in [0.05, 0.1) is 5.69 Å². The highest BCUT2D eigenvalue weighted by atomic mass is 127. The van der Waals surface area contributed by atoms with Crippen LogP contribution < -0.4 is 5.32 Å². The predicted molar refractivity (Wildman–Crippen MR) is 70.0 cm³/mol. The molecule has 0 aliphatic heterocycles. The Kier molecular flexibility index (Phi) is 3.55. The van der Waals surface area contributed by atoms with Crippen LogP contribution in [0, 0.1) is 3.57 Å². The van der Waals surface area contributed by atoms with Crippen LogP contribution in [-0.2, 0) is 11.3 Å². The maximum absolute atomic E-state index is 11.7. The lowest BCUT2D eigenvalue weighted by atomic mass is 10.3. The van der Waals surface area contributed by atoms with Gasteiger partial charge in [0.1, 0.15) is 6.54 Å². The van der Waals surface area contributed by atoms with Crippen LogP contribution in [0.4, 0.5) is 5.69 Å². The van der Waals surface area contributed by atoms with Crippen LogP contribution in [0.25, 0.3) is 0 Å². The van der Waals surface area contributed by atoms with Crippen molar-refractivity contribution in [1.29, 1.82) is 0 Å². The molecule has 0 bridgehead atoms. The Balaban J connectivity index is 2.00. The number of hydrogen-bond acceptors (Lipinski definition) is 2. The van der Waals surface area contributed by atoms with Gasteiger partial charge in [0.2, 0.25) is 5.91 Å². The van der Waals surface area contributed by atoms with Crippen LogP contribution in [0.5, 0.6) is 0 Å². The number of nitrogens with zero attached hydrogens (tertiary/aromatic N) is 2. The molecule has 1 amide bonds. The molecule has 0 atom stereocenters. The molecule has 0 unspecified atom stereocenters. The van der Waals surface area contributed by atoms with Crippen molar-refractivity contribution in [2.24, 2.45) is 0 Å². The van der Waals surface area contributed by atoms with Crippen LogP contribution in [0.1, 0.15) is 0 Å². The summed E-state index contributed by atoms with van der Waals surface area (Å²) in [4.78, 5) is 11.7. The van der Waals surface area contributed by atoms with E-state index in [0.717, 1.165) is 9.26 Å². The molecule has 0 fully saturated rings. The largest absolute Gasteiger partial charge is 0.324 e. The zero-order valence-electron chi connectivity index (χ0n) is 8.43. The van der Waals surface area contributed by atoms with Gasteiger partial charge in [-0.25, -0.2) is 0 Å². The van der Waals surface area contributed by atoms with E-state index in [1.165, 1.54) is 0 Å². The Morgan fingerprint density at radius 2 is 2.19 bits per heavy atom. The number of amides is 1. The van der Waals surface area contributed by atoms with E-state index >= 15 is 0 Å². The Morgan fingerprint density at radius 3 is 2.88 bits per heavy atom. The number of benzene rings is 1. The van der Waals surface area contributed by atoms with Gasteiger partial charge in [0.15, 0.2) is 0 Å². The molecule has 16 heavy (non-hydrogen) atoms. The molecular weight excluding hydrogens is 317 g/mol. The topological polar surface area (TPSA) is 46.9 Å². The normalized spacial score (nSPS) is 10.1. The Bertz CT molecular complexity index is 482. The van der Waals surface area contributed by atoms with E-state index in [0.29, 0.717) is 0 Å². The first-order chi connectivity index (χ1) is 7.75. The van der Waals surface area contributed by atoms with Gasteiger partial charge in [-0.15, -0.1) is 0 Å². The maximum Gasteiger partial charge on any atom is 0.246 e. The average molecular weight is 327 g/mol. The summed E-state index contributed by atoms with van der Waals surface area (Å²) in [5.41, 5.74) is 0.834. The van der Waals surface area contributed by atoms with E-state index in [1.807, 2.05) is 24.3 Å². The number of carbonyl (C=O) groups excluding carboxylic acids is 1. The molecule has 82 valence electrons. The number of aromatic nitrogens is 2. The minimum Gasteiger partial charge on any atom is -0.324 e. The fourth-order valence-corrected chi connectivity index (χ4v) is 1.82. The summed E-state index contributed by atoms with van der Waals surface area (Å²) < 4.78 is 2.61. The maximum atomic E-state index is 11.7. The van der Waals surface area contributed by atoms with E-state index in [9.17, 15) is 4.79 Å².